The van der Waals surface area contributed by atoms with Crippen LogP contribution in [0.2, 0.25) is 0 Å². The van der Waals surface area contributed by atoms with Crippen LogP contribution in [0.4, 0.5) is 17.6 Å². The number of rotatable bonds is 6. The maximum absolute atomic E-state index is 10.5. The molecule has 2 N–H and O–H groups in total. The lowest BCUT2D eigenvalue weighted by atomic mass is 10.1. The van der Waals surface area contributed by atoms with E-state index in [1.54, 1.807) is 0 Å². The quantitative estimate of drug-likeness (QED) is 0.728. The summed E-state index contributed by atoms with van der Waals surface area (Å²) in [7, 11) is 0. The molecule has 3 heterocycles. The first-order valence-corrected chi connectivity index (χ1v) is 10.5. The van der Waals surface area contributed by atoms with Gasteiger partial charge in [-0.05, 0) is 43.4 Å². The van der Waals surface area contributed by atoms with Crippen LogP contribution in [-0.4, -0.2) is 47.8 Å². The van der Waals surface area contributed by atoms with Crippen LogP contribution in [0.1, 0.15) is 37.4 Å². The number of aliphatic hydroxyl groups excluding tert-OH is 1. The molecule has 0 amide bonds. The Balaban J connectivity index is 1.50. The van der Waals surface area contributed by atoms with Crippen LogP contribution in [-0.2, 0) is 0 Å². The fourth-order valence-corrected chi connectivity index (χ4v) is 3.97. The number of anilines is 3. The number of halogens is 1. The molecule has 0 bridgehead atoms. The molecule has 1 aromatic carbocycles. The maximum Gasteiger partial charge on any atom is 0.226 e. The van der Waals surface area contributed by atoms with Gasteiger partial charge < -0.3 is 20.2 Å². The van der Waals surface area contributed by atoms with Crippen molar-refractivity contribution in [2.45, 2.75) is 31.8 Å². The van der Waals surface area contributed by atoms with Gasteiger partial charge in [0, 0.05) is 43.3 Å². The van der Waals surface area contributed by atoms with Crippen molar-refractivity contribution < 1.29 is 5.11 Å². The van der Waals surface area contributed by atoms with Gasteiger partial charge in [0.2, 0.25) is 5.95 Å². The molecule has 2 aliphatic rings. The van der Waals surface area contributed by atoms with E-state index in [-0.39, 0.29) is 0 Å². The molecule has 2 saturated heterocycles. The van der Waals surface area contributed by atoms with Gasteiger partial charge in [0.1, 0.15) is 11.6 Å². The predicted octanol–water partition coefficient (Wildman–Crippen LogP) is 3.59. The third-order valence-electron chi connectivity index (χ3n) is 5.27. The highest BCUT2D eigenvalue weighted by Crippen LogP contribution is 2.26. The lowest BCUT2D eigenvalue weighted by Gasteiger charge is -2.22. The smallest absolute Gasteiger partial charge is 0.226 e. The van der Waals surface area contributed by atoms with Gasteiger partial charge in [0.05, 0.1) is 6.10 Å². The highest BCUT2D eigenvalue weighted by atomic mass is 79.9. The minimum Gasteiger partial charge on any atom is -0.387 e. The molecule has 1 atom stereocenters. The summed E-state index contributed by atoms with van der Waals surface area (Å²) in [5.74, 6) is 2.58. The summed E-state index contributed by atoms with van der Waals surface area (Å²) >= 11 is 3.42. The zero-order chi connectivity index (χ0) is 18.6. The van der Waals surface area contributed by atoms with Gasteiger partial charge in [-0.2, -0.15) is 9.97 Å². The van der Waals surface area contributed by atoms with Crippen molar-refractivity contribution >= 4 is 33.5 Å². The first kappa shape index (κ1) is 18.5. The number of benzene rings is 1. The van der Waals surface area contributed by atoms with Crippen molar-refractivity contribution in [2.75, 3.05) is 47.8 Å². The van der Waals surface area contributed by atoms with Crippen molar-refractivity contribution in [3.05, 3.63) is 40.4 Å². The van der Waals surface area contributed by atoms with Gasteiger partial charge >= 0.3 is 0 Å². The van der Waals surface area contributed by atoms with Crippen LogP contribution in [0.3, 0.4) is 0 Å². The van der Waals surface area contributed by atoms with E-state index < -0.39 is 6.10 Å². The Labute approximate surface area is 168 Å². The minimum atomic E-state index is -0.604. The Morgan fingerprint density at radius 2 is 1.44 bits per heavy atom. The van der Waals surface area contributed by atoms with E-state index in [9.17, 15) is 5.11 Å². The van der Waals surface area contributed by atoms with Crippen LogP contribution < -0.4 is 15.1 Å². The van der Waals surface area contributed by atoms with Crippen LogP contribution in [0, 0.1) is 0 Å². The van der Waals surface area contributed by atoms with E-state index in [1.165, 1.54) is 25.7 Å². The zero-order valence-corrected chi connectivity index (χ0v) is 17.0. The molecular formula is C20H26BrN5O. The molecule has 4 rings (SSSR count). The van der Waals surface area contributed by atoms with Crippen molar-refractivity contribution in [3.63, 3.8) is 0 Å². The molecule has 6 nitrogen and oxygen atoms in total. The summed E-state index contributed by atoms with van der Waals surface area (Å²) in [5.41, 5.74) is 0.876. The Kier molecular flexibility index (Phi) is 5.78. The summed E-state index contributed by atoms with van der Waals surface area (Å²) in [5, 5.41) is 13.7. The molecular weight excluding hydrogens is 406 g/mol. The highest BCUT2D eigenvalue weighted by Gasteiger charge is 2.20. The van der Waals surface area contributed by atoms with E-state index >= 15 is 0 Å². The van der Waals surface area contributed by atoms with Crippen LogP contribution in [0.25, 0.3) is 0 Å². The number of nitrogens with one attached hydrogen (secondary N) is 1. The van der Waals surface area contributed by atoms with Gasteiger partial charge in [-0.1, -0.05) is 28.1 Å². The third kappa shape index (κ3) is 4.52. The van der Waals surface area contributed by atoms with Gasteiger partial charge in [-0.25, -0.2) is 0 Å². The second-order valence-corrected chi connectivity index (χ2v) is 8.16. The van der Waals surface area contributed by atoms with Crippen molar-refractivity contribution in [2.24, 2.45) is 0 Å². The Morgan fingerprint density at radius 1 is 0.926 bits per heavy atom. The number of hydrogen-bond acceptors (Lipinski definition) is 6. The summed E-state index contributed by atoms with van der Waals surface area (Å²) < 4.78 is 1.00. The number of aromatic nitrogens is 2. The molecule has 2 fully saturated rings. The standard InChI is InChI=1S/C20H26BrN5O/c21-16-7-5-15(6-8-16)17(27)14-22-20-23-18(25-9-1-2-10-25)13-19(24-20)26-11-3-4-12-26/h5-8,13,17,27H,1-4,9-12,14H2,(H,22,23,24). The lowest BCUT2D eigenvalue weighted by molar-refractivity contribution is 0.191. The number of hydrogen-bond donors (Lipinski definition) is 2. The number of nitrogens with zero attached hydrogens (tertiary/aromatic N) is 4. The van der Waals surface area contributed by atoms with E-state index in [1.807, 2.05) is 24.3 Å². The van der Waals surface area contributed by atoms with Crippen molar-refractivity contribution in [1.82, 2.24) is 9.97 Å². The third-order valence-corrected chi connectivity index (χ3v) is 5.80. The maximum atomic E-state index is 10.5. The van der Waals surface area contributed by atoms with E-state index in [4.69, 9.17) is 9.97 Å². The molecule has 0 saturated carbocycles. The molecule has 2 aliphatic heterocycles. The fourth-order valence-electron chi connectivity index (χ4n) is 3.71. The predicted molar refractivity (Wildman–Crippen MR) is 113 cm³/mol. The van der Waals surface area contributed by atoms with Crippen LogP contribution >= 0.6 is 15.9 Å². The Bertz CT molecular complexity index is 723. The summed E-state index contributed by atoms with van der Waals surface area (Å²) in [6.07, 6.45) is 4.26. The second kappa shape index (κ2) is 8.44. The molecule has 2 aromatic rings. The van der Waals surface area contributed by atoms with E-state index in [2.05, 4.69) is 37.1 Å². The summed E-state index contributed by atoms with van der Waals surface area (Å²) in [4.78, 5) is 14.1. The zero-order valence-electron chi connectivity index (χ0n) is 15.4. The second-order valence-electron chi connectivity index (χ2n) is 7.24. The average molecular weight is 432 g/mol. The van der Waals surface area contributed by atoms with Gasteiger partial charge in [0.25, 0.3) is 0 Å². The van der Waals surface area contributed by atoms with Gasteiger partial charge in [-0.3, -0.25) is 0 Å². The molecule has 0 radical (unpaired) electrons. The monoisotopic (exact) mass is 431 g/mol. The largest absolute Gasteiger partial charge is 0.387 e. The van der Waals surface area contributed by atoms with Gasteiger partial charge in [0.15, 0.2) is 0 Å². The lowest BCUT2D eigenvalue weighted by Crippen LogP contribution is -2.24. The summed E-state index contributed by atoms with van der Waals surface area (Å²) in [6, 6.07) is 9.84. The van der Waals surface area contributed by atoms with Gasteiger partial charge in [-0.15, -0.1) is 0 Å². The summed E-state index contributed by atoms with van der Waals surface area (Å²) in [6.45, 7) is 4.59. The topological polar surface area (TPSA) is 64.5 Å². The molecule has 7 heteroatoms. The van der Waals surface area contributed by atoms with Crippen LogP contribution in [0.5, 0.6) is 0 Å². The molecule has 27 heavy (non-hydrogen) atoms. The van der Waals surface area contributed by atoms with Crippen molar-refractivity contribution in [1.29, 1.82) is 0 Å². The van der Waals surface area contributed by atoms with Crippen LogP contribution in [0.15, 0.2) is 34.8 Å². The Hall–Kier alpha value is -1.86. The number of aliphatic hydroxyl groups is 1. The normalized spacial score (nSPS) is 18.1. The molecule has 0 aliphatic carbocycles. The minimum absolute atomic E-state index is 0.379. The van der Waals surface area contributed by atoms with E-state index in [0.29, 0.717) is 12.5 Å². The highest BCUT2D eigenvalue weighted by molar-refractivity contribution is 9.10. The first-order chi connectivity index (χ1) is 13.2. The Morgan fingerprint density at radius 3 is 1.96 bits per heavy atom. The van der Waals surface area contributed by atoms with Crippen molar-refractivity contribution in [3.8, 4) is 0 Å². The fraction of sp³-hybridized carbons (Fsp3) is 0.500. The molecule has 1 unspecified atom stereocenters. The SMILES string of the molecule is OC(CNc1nc(N2CCCC2)cc(N2CCCC2)n1)c1ccc(Br)cc1. The molecule has 1 aromatic heterocycles. The van der Waals surface area contributed by atoms with E-state index in [0.717, 1.165) is 47.9 Å². The molecule has 144 valence electrons. The molecule has 0 spiro atoms. The average Bonchev–Trinajstić information content (AvgIpc) is 3.40. The first-order valence-electron chi connectivity index (χ1n) is 9.75.